The van der Waals surface area contributed by atoms with Crippen molar-refractivity contribution >= 4 is 60.8 Å². The number of hydrogen-bond acceptors (Lipinski definition) is 12. The molecule has 0 bridgehead atoms. The summed E-state index contributed by atoms with van der Waals surface area (Å²) in [5.74, 6) is 7.22. The molecule has 13 heteroatoms. The number of para-hydroxylation sites is 1. The number of halogens is 1. The smallest absolute Gasteiger partial charge is 0.358 e. The van der Waals surface area contributed by atoms with Crippen LogP contribution in [0.25, 0.3) is 10.2 Å². The van der Waals surface area contributed by atoms with Crippen molar-refractivity contribution in [1.82, 2.24) is 25.1 Å². The van der Waals surface area contributed by atoms with Gasteiger partial charge in [-0.2, -0.15) is 0 Å². The molecule has 1 aliphatic carbocycles. The number of nitrogens with one attached hydrogen (secondary N) is 1. The number of esters is 1. The molecule has 0 amide bonds. The first-order valence-electron chi connectivity index (χ1n) is 16.9. The van der Waals surface area contributed by atoms with E-state index >= 15 is 0 Å². The van der Waals surface area contributed by atoms with Crippen molar-refractivity contribution in [3.05, 3.63) is 75.5 Å². The second-order valence-electron chi connectivity index (χ2n) is 12.5. The van der Waals surface area contributed by atoms with Crippen molar-refractivity contribution in [1.29, 1.82) is 0 Å². The summed E-state index contributed by atoms with van der Waals surface area (Å²) in [6.45, 7) is 3.60. The third-order valence-electron chi connectivity index (χ3n) is 8.42. The first kappa shape index (κ1) is 33.8. The quantitative estimate of drug-likeness (QED) is 0.0795. The molecule has 0 saturated heterocycles. The number of aryl methyl sites for hydroxylation is 1. The number of fused-ring (bicyclic) bond motifs is 2. The van der Waals surface area contributed by atoms with Gasteiger partial charge in [0.1, 0.15) is 0 Å². The molecule has 1 N–H and O–H groups in total. The highest BCUT2D eigenvalue weighted by molar-refractivity contribution is 7.22. The fourth-order valence-electron chi connectivity index (χ4n) is 5.97. The van der Waals surface area contributed by atoms with E-state index in [2.05, 4.69) is 28.1 Å². The van der Waals surface area contributed by atoms with Crippen LogP contribution >= 0.6 is 22.7 Å². The van der Waals surface area contributed by atoms with Gasteiger partial charge in [0, 0.05) is 28.1 Å². The molecule has 1 fully saturated rings. The summed E-state index contributed by atoms with van der Waals surface area (Å²) in [6, 6.07) is 12.8. The fraction of sp³-hybridized carbons (Fsp3) is 0.378. The van der Waals surface area contributed by atoms with E-state index < -0.39 is 11.8 Å². The Morgan fingerprint density at radius 1 is 1.14 bits per heavy atom. The van der Waals surface area contributed by atoms with E-state index in [-0.39, 0.29) is 19.0 Å². The van der Waals surface area contributed by atoms with Crippen LogP contribution in [-0.4, -0.2) is 71.4 Å². The molecule has 5 aromatic rings. The third kappa shape index (κ3) is 7.57. The normalized spacial score (nSPS) is 14.0. The molecular formula is C37H38FN7O3S2. The number of benzene rings is 2. The average molecular weight is 712 g/mol. The Morgan fingerprint density at radius 2 is 2.00 bits per heavy atom. The third-order valence-corrected chi connectivity index (χ3v) is 10.5. The van der Waals surface area contributed by atoms with Gasteiger partial charge in [0.25, 0.3) is 0 Å². The fourth-order valence-corrected chi connectivity index (χ4v) is 7.95. The molecule has 1 saturated carbocycles. The summed E-state index contributed by atoms with van der Waals surface area (Å²) in [5.41, 5.74) is 4.24. The minimum absolute atomic E-state index is 0.172. The molecular weight excluding hydrogens is 674 g/mol. The van der Waals surface area contributed by atoms with Crippen molar-refractivity contribution in [3.63, 3.8) is 0 Å². The van der Waals surface area contributed by atoms with E-state index in [0.717, 1.165) is 57.5 Å². The van der Waals surface area contributed by atoms with Crippen molar-refractivity contribution < 1.29 is 18.7 Å². The van der Waals surface area contributed by atoms with Gasteiger partial charge in [-0.3, -0.25) is 4.90 Å². The average Bonchev–Trinajstić information content (AvgIpc) is 3.71. The number of anilines is 4. The molecule has 2 aliphatic rings. The van der Waals surface area contributed by atoms with Crippen LogP contribution in [-0.2, 0) is 17.6 Å². The van der Waals surface area contributed by atoms with Crippen LogP contribution in [0.4, 0.5) is 26.3 Å². The molecule has 10 nitrogen and oxygen atoms in total. The Kier molecular flexibility index (Phi) is 10.2. The number of hydrogen-bond donors (Lipinski definition) is 1. The summed E-state index contributed by atoms with van der Waals surface area (Å²) >= 11 is 3.06. The molecule has 0 unspecified atom stereocenters. The zero-order valence-electron chi connectivity index (χ0n) is 28.3. The van der Waals surface area contributed by atoms with E-state index in [1.807, 2.05) is 37.2 Å². The molecule has 3 aromatic heterocycles. The van der Waals surface area contributed by atoms with E-state index in [1.165, 1.54) is 28.5 Å². The highest BCUT2D eigenvalue weighted by Crippen LogP contribution is 2.49. The van der Waals surface area contributed by atoms with Crippen LogP contribution in [0.2, 0.25) is 0 Å². The van der Waals surface area contributed by atoms with Gasteiger partial charge in [-0.25, -0.2) is 19.2 Å². The summed E-state index contributed by atoms with van der Waals surface area (Å²) in [7, 11) is 3.86. The molecule has 258 valence electrons. The summed E-state index contributed by atoms with van der Waals surface area (Å²) in [6.07, 6.45) is 5.11. The summed E-state index contributed by atoms with van der Waals surface area (Å²) in [4.78, 5) is 27.5. The van der Waals surface area contributed by atoms with Crippen LogP contribution in [0, 0.1) is 17.7 Å². The predicted octanol–water partition coefficient (Wildman–Crippen LogP) is 7.49. The SMILES string of the molecule is CCOC(=O)c1nc(N2CCCc3c2nnc(Nc2nc4ccccc4s2)c3C2CC2)sc1CCCOc1ccc(C#CCN(C)C)cc1F. The maximum absolute atomic E-state index is 14.7. The first-order valence-corrected chi connectivity index (χ1v) is 18.5. The lowest BCUT2D eigenvalue weighted by Gasteiger charge is -2.29. The minimum Gasteiger partial charge on any atom is -0.491 e. The largest absolute Gasteiger partial charge is 0.491 e. The monoisotopic (exact) mass is 711 g/mol. The number of carbonyl (C=O) groups excluding carboxylic acids is 1. The molecule has 0 radical (unpaired) electrons. The molecule has 50 heavy (non-hydrogen) atoms. The Morgan fingerprint density at radius 3 is 2.78 bits per heavy atom. The minimum atomic E-state index is -0.458. The van der Waals surface area contributed by atoms with Crippen LogP contribution in [0.1, 0.15) is 70.6 Å². The number of rotatable bonds is 12. The van der Waals surface area contributed by atoms with Gasteiger partial charge in [0.2, 0.25) is 0 Å². The van der Waals surface area contributed by atoms with Crippen LogP contribution < -0.4 is 15.0 Å². The molecule has 2 aromatic carbocycles. The van der Waals surface area contributed by atoms with Gasteiger partial charge in [-0.15, -0.1) is 21.5 Å². The van der Waals surface area contributed by atoms with E-state index in [4.69, 9.17) is 29.6 Å². The summed E-state index contributed by atoms with van der Waals surface area (Å²) in [5, 5.41) is 14.4. The maximum atomic E-state index is 14.7. The second-order valence-corrected chi connectivity index (χ2v) is 14.6. The molecule has 7 rings (SSSR count). The zero-order valence-corrected chi connectivity index (χ0v) is 29.9. The Bertz CT molecular complexity index is 2050. The predicted molar refractivity (Wildman–Crippen MR) is 196 cm³/mol. The Hall–Kier alpha value is -4.64. The molecule has 4 heterocycles. The van der Waals surface area contributed by atoms with E-state index in [1.54, 1.807) is 30.4 Å². The topological polar surface area (TPSA) is 106 Å². The van der Waals surface area contributed by atoms with Gasteiger partial charge in [-0.05, 0) is 95.8 Å². The van der Waals surface area contributed by atoms with Gasteiger partial charge in [0.15, 0.2) is 39.2 Å². The van der Waals surface area contributed by atoms with Gasteiger partial charge >= 0.3 is 5.97 Å². The lowest BCUT2D eigenvalue weighted by molar-refractivity contribution is 0.0519. The molecule has 0 spiro atoms. The highest BCUT2D eigenvalue weighted by atomic mass is 32.1. The van der Waals surface area contributed by atoms with Crippen LogP contribution in [0.15, 0.2) is 42.5 Å². The lowest BCUT2D eigenvalue weighted by atomic mass is 9.97. The van der Waals surface area contributed by atoms with Crippen molar-refractivity contribution in [2.75, 3.05) is 50.6 Å². The second kappa shape index (κ2) is 15.1. The summed E-state index contributed by atoms with van der Waals surface area (Å²) < 4.78 is 27.0. The van der Waals surface area contributed by atoms with Crippen molar-refractivity contribution in [2.45, 2.75) is 51.4 Å². The number of carbonyl (C=O) groups is 1. The van der Waals surface area contributed by atoms with Gasteiger partial charge < -0.3 is 19.7 Å². The number of ether oxygens (including phenoxy) is 2. The Labute approximate surface area is 298 Å². The van der Waals surface area contributed by atoms with E-state index in [9.17, 15) is 9.18 Å². The number of nitrogens with zero attached hydrogens (tertiary/aromatic N) is 6. The van der Waals surface area contributed by atoms with Gasteiger partial charge in [-0.1, -0.05) is 35.3 Å². The van der Waals surface area contributed by atoms with E-state index in [0.29, 0.717) is 48.2 Å². The van der Waals surface area contributed by atoms with Crippen molar-refractivity contribution in [2.24, 2.45) is 0 Å². The number of thiazole rings is 2. The lowest BCUT2D eigenvalue weighted by Crippen LogP contribution is -2.27. The van der Waals surface area contributed by atoms with Crippen LogP contribution in [0.3, 0.4) is 0 Å². The number of aromatic nitrogens is 4. The standard InChI is InChI=1S/C37H38FN7O3S2/c1-4-47-35(46)32-30(14-9-21-48-28-18-15-23(22-26(28)38)10-7-19-44(2)3)50-37(40-32)45-20-8-11-25-31(24-16-17-24)33(42-43-34(25)45)41-36-39-27-12-5-6-13-29(27)49-36/h5-6,12-13,15,18,22,24H,4,8-9,11,14,16-17,19-21H2,1-3H3,(H,39,41,42). The highest BCUT2D eigenvalue weighted by Gasteiger charge is 2.35. The maximum Gasteiger partial charge on any atom is 0.358 e. The first-order chi connectivity index (χ1) is 24.4. The van der Waals surface area contributed by atoms with Crippen molar-refractivity contribution in [3.8, 4) is 17.6 Å². The van der Waals surface area contributed by atoms with Gasteiger partial charge in [0.05, 0.1) is 30.0 Å². The molecule has 0 atom stereocenters. The zero-order chi connectivity index (χ0) is 34.6. The van der Waals surface area contributed by atoms with Crippen LogP contribution in [0.5, 0.6) is 5.75 Å². The molecule has 1 aliphatic heterocycles. The Balaban J connectivity index is 1.09.